The molecule has 0 aliphatic carbocycles. The number of rotatable bonds is 43. The highest BCUT2D eigenvalue weighted by Gasteiger charge is 2.19. The van der Waals surface area contributed by atoms with Gasteiger partial charge in [-0.25, -0.2) is 0 Å². The first-order valence-electron chi connectivity index (χ1n) is 24.3. The van der Waals surface area contributed by atoms with E-state index in [2.05, 4.69) is 81.5 Å². The lowest BCUT2D eigenvalue weighted by Gasteiger charge is -2.18. The average molecular weight is 811 g/mol. The predicted molar refractivity (Wildman–Crippen MR) is 247 cm³/mol. The third-order valence-electron chi connectivity index (χ3n) is 10.3. The Hall–Kier alpha value is -2.89. The molecule has 0 saturated heterocycles. The van der Waals surface area contributed by atoms with Gasteiger partial charge in [-0.15, -0.1) is 0 Å². The van der Waals surface area contributed by atoms with Gasteiger partial charge in [0, 0.05) is 19.3 Å². The van der Waals surface area contributed by atoms with E-state index in [0.717, 1.165) is 103 Å². The van der Waals surface area contributed by atoms with Gasteiger partial charge in [-0.2, -0.15) is 0 Å². The molecule has 0 saturated carbocycles. The highest BCUT2D eigenvalue weighted by molar-refractivity contribution is 5.71. The Kier molecular flexibility index (Phi) is 44.5. The van der Waals surface area contributed by atoms with Crippen LogP contribution in [0.1, 0.15) is 233 Å². The average Bonchev–Trinajstić information content (AvgIpc) is 3.22. The molecule has 0 amide bonds. The van der Waals surface area contributed by atoms with Gasteiger partial charge >= 0.3 is 17.9 Å². The van der Waals surface area contributed by atoms with E-state index in [1.807, 2.05) is 0 Å². The Morgan fingerprint density at radius 3 is 1.12 bits per heavy atom. The molecule has 0 heterocycles. The van der Waals surface area contributed by atoms with Gasteiger partial charge in [0.25, 0.3) is 0 Å². The second-order valence-electron chi connectivity index (χ2n) is 16.0. The molecule has 0 aromatic heterocycles. The summed E-state index contributed by atoms with van der Waals surface area (Å²) in [4.78, 5) is 37.8. The molecule has 0 rings (SSSR count). The monoisotopic (exact) mass is 811 g/mol. The van der Waals surface area contributed by atoms with Gasteiger partial charge in [-0.1, -0.05) is 191 Å². The predicted octanol–water partition coefficient (Wildman–Crippen LogP) is 15.7. The van der Waals surface area contributed by atoms with Gasteiger partial charge in [-0.05, 0) is 83.5 Å². The van der Waals surface area contributed by atoms with Crippen molar-refractivity contribution in [1.29, 1.82) is 0 Å². The zero-order valence-electron chi connectivity index (χ0n) is 38.0. The zero-order valence-corrected chi connectivity index (χ0v) is 38.0. The lowest BCUT2D eigenvalue weighted by Crippen LogP contribution is -2.30. The summed E-state index contributed by atoms with van der Waals surface area (Å²) < 4.78 is 16.7. The van der Waals surface area contributed by atoms with E-state index in [1.54, 1.807) is 0 Å². The Labute approximate surface area is 358 Å². The number of hydrogen-bond acceptors (Lipinski definition) is 6. The van der Waals surface area contributed by atoms with Crippen molar-refractivity contribution in [3.05, 3.63) is 60.8 Å². The van der Waals surface area contributed by atoms with Crippen molar-refractivity contribution in [3.63, 3.8) is 0 Å². The maximum atomic E-state index is 12.7. The van der Waals surface area contributed by atoms with E-state index in [-0.39, 0.29) is 31.1 Å². The normalized spacial score (nSPS) is 12.5. The Morgan fingerprint density at radius 2 is 0.672 bits per heavy atom. The summed E-state index contributed by atoms with van der Waals surface area (Å²) in [6, 6.07) is 0. The Balaban J connectivity index is 4.43. The van der Waals surface area contributed by atoms with E-state index >= 15 is 0 Å². The van der Waals surface area contributed by atoms with Gasteiger partial charge in [0.2, 0.25) is 0 Å². The van der Waals surface area contributed by atoms with Crippen LogP contribution in [0.2, 0.25) is 0 Å². The molecule has 6 heteroatoms. The van der Waals surface area contributed by atoms with Crippen molar-refractivity contribution in [1.82, 2.24) is 0 Å². The van der Waals surface area contributed by atoms with Gasteiger partial charge in [-0.3, -0.25) is 14.4 Å². The standard InChI is InChI=1S/C52H90O6/c1-4-7-10-13-16-19-22-25-26-27-28-31-33-36-39-42-45-51(54)57-48-49(58-52(55)46-43-40-37-34-30-24-21-18-15-12-9-6-3)47-56-50(53)44-41-38-35-32-29-23-20-17-14-11-8-5-2/h7,10,16,18-19,21,25-26,28,31,49H,4-6,8-9,11-15,17,20,22-24,27,29-30,32-48H2,1-3H3/b10-7-,19-16-,21-18-,26-25-,31-28-. The lowest BCUT2D eigenvalue weighted by atomic mass is 10.0. The first kappa shape index (κ1) is 55.1. The van der Waals surface area contributed by atoms with Gasteiger partial charge in [0.1, 0.15) is 13.2 Å². The van der Waals surface area contributed by atoms with E-state index in [4.69, 9.17) is 14.2 Å². The Bertz CT molecular complexity index is 1070. The first-order valence-corrected chi connectivity index (χ1v) is 24.3. The number of carbonyl (C=O) groups excluding carboxylic acids is 3. The van der Waals surface area contributed by atoms with Crippen molar-refractivity contribution >= 4 is 17.9 Å². The highest BCUT2D eigenvalue weighted by Crippen LogP contribution is 2.14. The summed E-state index contributed by atoms with van der Waals surface area (Å²) in [6.07, 6.45) is 56.3. The van der Waals surface area contributed by atoms with Crippen molar-refractivity contribution < 1.29 is 28.6 Å². The van der Waals surface area contributed by atoms with E-state index < -0.39 is 6.10 Å². The quantitative estimate of drug-likeness (QED) is 0.0264. The van der Waals surface area contributed by atoms with Gasteiger partial charge in [0.05, 0.1) is 0 Å². The molecule has 58 heavy (non-hydrogen) atoms. The Morgan fingerprint density at radius 1 is 0.362 bits per heavy atom. The van der Waals surface area contributed by atoms with E-state index in [0.29, 0.717) is 19.3 Å². The van der Waals surface area contributed by atoms with Crippen LogP contribution in [-0.2, 0) is 28.6 Å². The minimum absolute atomic E-state index is 0.0864. The second-order valence-corrected chi connectivity index (χ2v) is 16.0. The van der Waals surface area contributed by atoms with E-state index in [1.165, 1.54) is 89.9 Å². The summed E-state index contributed by atoms with van der Waals surface area (Å²) in [6.45, 7) is 6.46. The first-order chi connectivity index (χ1) is 28.5. The molecule has 1 atom stereocenters. The largest absolute Gasteiger partial charge is 0.462 e. The smallest absolute Gasteiger partial charge is 0.306 e. The molecule has 0 N–H and O–H groups in total. The number of carbonyl (C=O) groups is 3. The summed E-state index contributed by atoms with van der Waals surface area (Å²) >= 11 is 0. The molecule has 6 nitrogen and oxygen atoms in total. The molecule has 0 aliphatic rings. The summed E-state index contributed by atoms with van der Waals surface area (Å²) in [7, 11) is 0. The molecule has 0 spiro atoms. The molecule has 0 aromatic carbocycles. The van der Waals surface area contributed by atoms with Crippen molar-refractivity contribution in [2.75, 3.05) is 13.2 Å². The van der Waals surface area contributed by atoms with Gasteiger partial charge in [0.15, 0.2) is 6.10 Å². The minimum atomic E-state index is -0.787. The minimum Gasteiger partial charge on any atom is -0.462 e. The number of unbranched alkanes of at least 4 members (excludes halogenated alkanes) is 22. The molecule has 0 aromatic rings. The van der Waals surface area contributed by atoms with Crippen LogP contribution in [0.4, 0.5) is 0 Å². The fraction of sp³-hybridized carbons (Fsp3) is 0.750. The summed E-state index contributed by atoms with van der Waals surface area (Å²) in [5.41, 5.74) is 0. The maximum Gasteiger partial charge on any atom is 0.306 e. The van der Waals surface area contributed by atoms with Crippen molar-refractivity contribution in [2.45, 2.75) is 239 Å². The third kappa shape index (κ3) is 44.2. The van der Waals surface area contributed by atoms with Crippen molar-refractivity contribution in [2.24, 2.45) is 0 Å². The van der Waals surface area contributed by atoms with Crippen LogP contribution in [0.5, 0.6) is 0 Å². The molecule has 0 fully saturated rings. The zero-order chi connectivity index (χ0) is 42.3. The lowest BCUT2D eigenvalue weighted by molar-refractivity contribution is -0.167. The SMILES string of the molecule is CC/C=C\C/C=C\C/C=C\C/C=C\CCCCCC(=O)OCC(COC(=O)CCCCCCCCCCCCCC)OC(=O)CCCCCCC/C=C\CCCCC. The van der Waals surface area contributed by atoms with E-state index in [9.17, 15) is 14.4 Å². The van der Waals surface area contributed by atoms with Gasteiger partial charge < -0.3 is 14.2 Å². The molecule has 0 aliphatic heterocycles. The fourth-order valence-electron chi connectivity index (χ4n) is 6.60. The molecular weight excluding hydrogens is 721 g/mol. The van der Waals surface area contributed by atoms with Crippen LogP contribution in [0.15, 0.2) is 60.8 Å². The number of ether oxygens (including phenoxy) is 3. The fourth-order valence-corrected chi connectivity index (χ4v) is 6.60. The van der Waals surface area contributed by atoms with Crippen LogP contribution in [-0.4, -0.2) is 37.2 Å². The summed E-state index contributed by atoms with van der Waals surface area (Å²) in [5.74, 6) is -0.928. The molecule has 1 unspecified atom stereocenters. The molecule has 0 radical (unpaired) electrons. The molecule has 0 bridgehead atoms. The summed E-state index contributed by atoms with van der Waals surface area (Å²) in [5, 5.41) is 0. The maximum absolute atomic E-state index is 12.7. The number of esters is 3. The second kappa shape index (κ2) is 46.8. The molecular formula is C52H90O6. The van der Waals surface area contributed by atoms with Crippen molar-refractivity contribution in [3.8, 4) is 0 Å². The number of allylic oxidation sites excluding steroid dienone is 10. The van der Waals surface area contributed by atoms with Crippen LogP contribution in [0.3, 0.4) is 0 Å². The highest BCUT2D eigenvalue weighted by atomic mass is 16.6. The third-order valence-corrected chi connectivity index (χ3v) is 10.3. The van der Waals surface area contributed by atoms with Crippen LogP contribution in [0, 0.1) is 0 Å². The topological polar surface area (TPSA) is 78.9 Å². The number of hydrogen-bond donors (Lipinski definition) is 0. The van der Waals surface area contributed by atoms with Crippen LogP contribution < -0.4 is 0 Å². The van der Waals surface area contributed by atoms with Crippen LogP contribution >= 0.6 is 0 Å². The van der Waals surface area contributed by atoms with Crippen LogP contribution in [0.25, 0.3) is 0 Å². The molecule has 334 valence electrons.